The van der Waals surface area contributed by atoms with Crippen molar-refractivity contribution < 1.29 is 27.5 Å². The lowest BCUT2D eigenvalue weighted by molar-refractivity contribution is -0.143. The van der Waals surface area contributed by atoms with Crippen LogP contribution in [0.3, 0.4) is 0 Å². The molecule has 0 N–H and O–H groups in total. The molecular formula is C21H19F3N4O3. The first kappa shape index (κ1) is 22.0. The van der Waals surface area contributed by atoms with Crippen molar-refractivity contribution in [2.75, 3.05) is 13.7 Å². The maximum Gasteiger partial charge on any atom is 0.434 e. The molecule has 0 aliphatic carbocycles. The lowest BCUT2D eigenvalue weighted by Gasteiger charge is -2.18. The molecule has 0 aliphatic heterocycles. The number of pyridine rings is 1. The molecule has 3 rings (SSSR count). The summed E-state index contributed by atoms with van der Waals surface area (Å²) < 4.78 is 46.1. The van der Waals surface area contributed by atoms with E-state index < -0.39 is 23.4 Å². The number of hydrogen-bond donors (Lipinski definition) is 0. The van der Waals surface area contributed by atoms with E-state index in [2.05, 4.69) is 10.1 Å². The molecule has 0 fully saturated rings. The van der Waals surface area contributed by atoms with Gasteiger partial charge in [0.05, 0.1) is 18.5 Å². The second kappa shape index (κ2) is 8.99. The number of carbonyl (C=O) groups excluding carboxylic acids is 2. The molecule has 0 saturated carbocycles. The number of carbonyl (C=O) groups is 2. The Balaban J connectivity index is 1.86. The van der Waals surface area contributed by atoms with Gasteiger partial charge in [-0.2, -0.15) is 18.3 Å². The van der Waals surface area contributed by atoms with E-state index in [1.807, 2.05) is 0 Å². The first-order valence-electron chi connectivity index (χ1n) is 9.29. The lowest BCUT2D eigenvalue weighted by Crippen LogP contribution is -2.26. The zero-order valence-electron chi connectivity index (χ0n) is 16.8. The van der Waals surface area contributed by atoms with Crippen LogP contribution in [0.4, 0.5) is 13.2 Å². The Morgan fingerprint density at radius 2 is 1.74 bits per heavy atom. The molecular weight excluding hydrogens is 413 g/mol. The highest BCUT2D eigenvalue weighted by Gasteiger charge is 2.41. The molecule has 2 heterocycles. The summed E-state index contributed by atoms with van der Waals surface area (Å²) in [5.74, 6) is -1.40. The summed E-state index contributed by atoms with van der Waals surface area (Å²) in [7, 11) is 1.62. The minimum atomic E-state index is -4.84. The Hall–Kier alpha value is -3.69. The highest BCUT2D eigenvalue weighted by Crippen LogP contribution is 2.34. The minimum absolute atomic E-state index is 0.0520. The van der Waals surface area contributed by atoms with Gasteiger partial charge in [0, 0.05) is 31.5 Å². The number of nitrogens with zero attached hydrogens (tertiary/aromatic N) is 4. The molecule has 1 aromatic carbocycles. The van der Waals surface area contributed by atoms with Crippen LogP contribution in [0.5, 0.6) is 0 Å². The zero-order valence-corrected chi connectivity index (χ0v) is 16.8. The van der Waals surface area contributed by atoms with Crippen molar-refractivity contribution >= 4 is 11.9 Å². The van der Waals surface area contributed by atoms with Crippen LogP contribution in [0.1, 0.15) is 38.9 Å². The van der Waals surface area contributed by atoms with Gasteiger partial charge in [-0.05, 0) is 48.9 Å². The first-order valence-corrected chi connectivity index (χ1v) is 9.29. The van der Waals surface area contributed by atoms with Crippen LogP contribution in [0, 0.1) is 0 Å². The molecule has 0 saturated heterocycles. The number of benzene rings is 1. The van der Waals surface area contributed by atoms with E-state index in [4.69, 9.17) is 4.74 Å². The number of ether oxygens (including phenoxy) is 1. The van der Waals surface area contributed by atoms with Gasteiger partial charge in [0.25, 0.3) is 5.91 Å². The van der Waals surface area contributed by atoms with Crippen molar-refractivity contribution in [1.82, 2.24) is 19.7 Å². The van der Waals surface area contributed by atoms with E-state index in [-0.39, 0.29) is 18.2 Å². The quantitative estimate of drug-likeness (QED) is 0.555. The Bertz CT molecular complexity index is 1060. The molecule has 0 aliphatic rings. The number of aromatic nitrogens is 3. The van der Waals surface area contributed by atoms with Crippen LogP contribution in [-0.2, 0) is 17.5 Å². The molecule has 0 radical (unpaired) electrons. The molecule has 1 amide bonds. The van der Waals surface area contributed by atoms with Gasteiger partial charge in [0.15, 0.2) is 5.69 Å². The molecule has 0 bridgehead atoms. The topological polar surface area (TPSA) is 77.3 Å². The van der Waals surface area contributed by atoms with Gasteiger partial charge in [0.2, 0.25) is 0 Å². The van der Waals surface area contributed by atoms with Gasteiger partial charge in [0.1, 0.15) is 5.56 Å². The van der Waals surface area contributed by atoms with Crippen molar-refractivity contribution in [3.63, 3.8) is 0 Å². The Kier molecular flexibility index (Phi) is 6.38. The number of rotatable bonds is 6. The highest BCUT2D eigenvalue weighted by molar-refractivity contribution is 5.94. The first-order chi connectivity index (χ1) is 14.7. The molecule has 0 unspecified atom stereocenters. The summed E-state index contributed by atoms with van der Waals surface area (Å²) in [5, 5.41) is 3.72. The fourth-order valence-corrected chi connectivity index (χ4v) is 2.97. The average molecular weight is 432 g/mol. The highest BCUT2D eigenvalue weighted by atomic mass is 19.4. The maximum absolute atomic E-state index is 13.6. The monoisotopic (exact) mass is 432 g/mol. The smallest absolute Gasteiger partial charge is 0.434 e. The Morgan fingerprint density at radius 3 is 2.32 bits per heavy atom. The van der Waals surface area contributed by atoms with E-state index in [1.54, 1.807) is 31.6 Å². The van der Waals surface area contributed by atoms with Crippen molar-refractivity contribution in [2.24, 2.45) is 0 Å². The van der Waals surface area contributed by atoms with Crippen molar-refractivity contribution in [3.05, 3.63) is 77.4 Å². The van der Waals surface area contributed by atoms with Gasteiger partial charge >= 0.3 is 12.1 Å². The fraction of sp³-hybridized carbons (Fsp3) is 0.238. The molecule has 0 atom stereocenters. The maximum atomic E-state index is 13.6. The third-order valence-corrected chi connectivity index (χ3v) is 4.41. The van der Waals surface area contributed by atoms with Crippen LogP contribution in [0.2, 0.25) is 0 Å². The van der Waals surface area contributed by atoms with E-state index in [1.165, 1.54) is 36.1 Å². The lowest BCUT2D eigenvalue weighted by atomic mass is 10.1. The number of hydrogen-bond acceptors (Lipinski definition) is 5. The van der Waals surface area contributed by atoms with Crippen molar-refractivity contribution in [3.8, 4) is 5.69 Å². The van der Waals surface area contributed by atoms with E-state index >= 15 is 0 Å². The van der Waals surface area contributed by atoms with E-state index in [0.717, 1.165) is 11.8 Å². The molecule has 10 heteroatoms. The summed E-state index contributed by atoms with van der Waals surface area (Å²) in [5.41, 5.74) is -0.672. The minimum Gasteiger partial charge on any atom is -0.462 e. The molecule has 162 valence electrons. The molecule has 0 spiro atoms. The Morgan fingerprint density at radius 1 is 1.10 bits per heavy atom. The number of amides is 1. The summed E-state index contributed by atoms with van der Waals surface area (Å²) in [6.07, 6.45) is -0.773. The molecule has 7 nitrogen and oxygen atoms in total. The standard InChI is InChI=1S/C21H19F3N4O3/c1-3-31-20(30)17-12-26-28(18(17)21(22,23)24)16-6-4-15(5-7-16)19(29)27(2)13-14-8-10-25-11-9-14/h4-12H,3,13H2,1-2H3. The summed E-state index contributed by atoms with van der Waals surface area (Å²) in [6.45, 7) is 1.78. The molecule has 3 aromatic rings. The zero-order chi connectivity index (χ0) is 22.6. The van der Waals surface area contributed by atoms with Crippen LogP contribution in [0.15, 0.2) is 55.0 Å². The summed E-state index contributed by atoms with van der Waals surface area (Å²) >= 11 is 0. The third kappa shape index (κ3) is 4.90. The van der Waals surface area contributed by atoms with Crippen LogP contribution in [-0.4, -0.2) is 45.2 Å². The normalized spacial score (nSPS) is 11.3. The van der Waals surface area contributed by atoms with E-state index in [9.17, 15) is 22.8 Å². The van der Waals surface area contributed by atoms with Gasteiger partial charge in [-0.15, -0.1) is 0 Å². The van der Waals surface area contributed by atoms with Gasteiger partial charge < -0.3 is 9.64 Å². The van der Waals surface area contributed by atoms with E-state index in [0.29, 0.717) is 16.8 Å². The van der Waals surface area contributed by atoms with Gasteiger partial charge in [-0.3, -0.25) is 9.78 Å². The second-order valence-corrected chi connectivity index (χ2v) is 6.60. The van der Waals surface area contributed by atoms with Gasteiger partial charge in [-0.25, -0.2) is 9.48 Å². The number of esters is 1. The van der Waals surface area contributed by atoms with Crippen LogP contribution < -0.4 is 0 Å². The molecule has 31 heavy (non-hydrogen) atoms. The van der Waals surface area contributed by atoms with Crippen molar-refractivity contribution in [1.29, 1.82) is 0 Å². The summed E-state index contributed by atoms with van der Waals surface area (Å²) in [6, 6.07) is 9.06. The Labute approximate surface area is 176 Å². The number of halogens is 3. The largest absolute Gasteiger partial charge is 0.462 e. The molecule has 2 aromatic heterocycles. The summed E-state index contributed by atoms with van der Waals surface area (Å²) in [4.78, 5) is 29.9. The SMILES string of the molecule is CCOC(=O)c1cnn(-c2ccc(C(=O)N(C)Cc3ccncc3)cc2)c1C(F)(F)F. The predicted molar refractivity (Wildman–Crippen MR) is 105 cm³/mol. The second-order valence-electron chi connectivity index (χ2n) is 6.60. The average Bonchev–Trinajstić information content (AvgIpc) is 3.20. The fourth-order valence-electron chi connectivity index (χ4n) is 2.97. The third-order valence-electron chi connectivity index (χ3n) is 4.41. The van der Waals surface area contributed by atoms with Crippen LogP contribution in [0.25, 0.3) is 5.69 Å². The van der Waals surface area contributed by atoms with Crippen molar-refractivity contribution in [2.45, 2.75) is 19.6 Å². The van der Waals surface area contributed by atoms with Crippen LogP contribution >= 0.6 is 0 Å². The van der Waals surface area contributed by atoms with Gasteiger partial charge in [-0.1, -0.05) is 0 Å². The number of alkyl halides is 3. The predicted octanol–water partition coefficient (Wildman–Crippen LogP) is 3.74.